The molecule has 5 nitrogen and oxygen atoms in total. The van der Waals surface area contributed by atoms with Crippen LogP contribution in [0, 0.1) is 0 Å². The lowest BCUT2D eigenvalue weighted by molar-refractivity contribution is -0.0981. The Bertz CT molecular complexity index is 800. The van der Waals surface area contributed by atoms with Crippen molar-refractivity contribution >= 4 is 17.2 Å². The number of fused-ring (bicyclic) bond motifs is 2. The van der Waals surface area contributed by atoms with Crippen LogP contribution in [0.3, 0.4) is 0 Å². The number of carbonyl (C=O) groups is 1. The molecule has 0 saturated carbocycles. The molecule has 2 aromatic heterocycles. The molecule has 1 amide bonds. The fourth-order valence-electron chi connectivity index (χ4n) is 4.73. The Hall–Kier alpha value is -1.63. The zero-order valence-electron chi connectivity index (χ0n) is 15.6. The SMILES string of the molecule is O=C(c1cc2c(s1)CCOC21CCN(Cc2ccoc2)CC1)N1CCCC1. The molecule has 3 aliphatic heterocycles. The Kier molecular flexibility index (Phi) is 4.58. The minimum atomic E-state index is -0.194. The molecule has 2 saturated heterocycles. The highest BCUT2D eigenvalue weighted by atomic mass is 32.1. The normalized spacial score (nSPS) is 22.3. The van der Waals surface area contributed by atoms with Crippen LogP contribution in [0.15, 0.2) is 29.1 Å². The van der Waals surface area contributed by atoms with Crippen molar-refractivity contribution in [3.05, 3.63) is 45.5 Å². The van der Waals surface area contributed by atoms with E-state index in [-0.39, 0.29) is 11.5 Å². The zero-order valence-corrected chi connectivity index (χ0v) is 16.4. The molecule has 0 atom stereocenters. The van der Waals surface area contributed by atoms with E-state index < -0.39 is 0 Å². The van der Waals surface area contributed by atoms with E-state index in [0.717, 1.165) is 76.3 Å². The molecule has 3 aliphatic rings. The molecule has 144 valence electrons. The third kappa shape index (κ3) is 3.24. The number of carbonyl (C=O) groups excluding carboxylic acids is 1. The Labute approximate surface area is 163 Å². The average molecular weight is 387 g/mol. The molecule has 0 aromatic carbocycles. The summed E-state index contributed by atoms with van der Waals surface area (Å²) in [4.78, 5) is 19.6. The van der Waals surface area contributed by atoms with Gasteiger partial charge < -0.3 is 14.1 Å². The van der Waals surface area contributed by atoms with Crippen molar-refractivity contribution in [2.75, 3.05) is 32.8 Å². The van der Waals surface area contributed by atoms with E-state index >= 15 is 0 Å². The van der Waals surface area contributed by atoms with Crippen LogP contribution in [0.1, 0.15) is 51.4 Å². The van der Waals surface area contributed by atoms with E-state index in [0.29, 0.717) is 0 Å². The average Bonchev–Trinajstić information content (AvgIpc) is 3.45. The van der Waals surface area contributed by atoms with Gasteiger partial charge in [-0.05, 0) is 43.4 Å². The first-order valence-corrected chi connectivity index (χ1v) is 10.9. The minimum absolute atomic E-state index is 0.194. The molecular formula is C21H26N2O3S. The van der Waals surface area contributed by atoms with Crippen molar-refractivity contribution in [1.82, 2.24) is 9.80 Å². The van der Waals surface area contributed by atoms with Crippen LogP contribution in [-0.4, -0.2) is 48.5 Å². The zero-order chi connectivity index (χ0) is 18.3. The second kappa shape index (κ2) is 7.08. The summed E-state index contributed by atoms with van der Waals surface area (Å²) in [7, 11) is 0. The molecule has 0 radical (unpaired) electrons. The summed E-state index contributed by atoms with van der Waals surface area (Å²) >= 11 is 1.71. The van der Waals surface area contributed by atoms with Crippen LogP contribution in [0.5, 0.6) is 0 Å². The van der Waals surface area contributed by atoms with E-state index in [1.54, 1.807) is 17.6 Å². The number of likely N-dealkylation sites (tertiary alicyclic amines) is 2. The third-order valence-electron chi connectivity index (χ3n) is 6.26. The molecule has 5 heterocycles. The number of hydrogen-bond acceptors (Lipinski definition) is 5. The molecule has 27 heavy (non-hydrogen) atoms. The predicted molar refractivity (Wildman–Crippen MR) is 104 cm³/mol. The Morgan fingerprint density at radius 1 is 1.19 bits per heavy atom. The van der Waals surface area contributed by atoms with Gasteiger partial charge in [-0.2, -0.15) is 0 Å². The van der Waals surface area contributed by atoms with E-state index in [4.69, 9.17) is 9.15 Å². The van der Waals surface area contributed by atoms with Crippen LogP contribution in [0.4, 0.5) is 0 Å². The number of thiophene rings is 1. The number of furan rings is 1. The summed E-state index contributed by atoms with van der Waals surface area (Å²) in [5.41, 5.74) is 2.33. The predicted octanol–water partition coefficient (Wildman–Crippen LogP) is 3.64. The Balaban J connectivity index is 1.33. The highest BCUT2D eigenvalue weighted by Gasteiger charge is 2.42. The first-order chi connectivity index (χ1) is 13.2. The van der Waals surface area contributed by atoms with Gasteiger partial charge in [0, 0.05) is 49.6 Å². The monoisotopic (exact) mass is 386 g/mol. The number of nitrogens with zero attached hydrogens (tertiary/aromatic N) is 2. The third-order valence-corrected chi connectivity index (χ3v) is 7.44. The summed E-state index contributed by atoms with van der Waals surface area (Å²) in [5, 5.41) is 0. The Morgan fingerprint density at radius 3 is 2.74 bits per heavy atom. The van der Waals surface area contributed by atoms with Gasteiger partial charge in [0.2, 0.25) is 0 Å². The van der Waals surface area contributed by atoms with Crippen LogP contribution in [0.25, 0.3) is 0 Å². The summed E-state index contributed by atoms with van der Waals surface area (Å²) in [5.74, 6) is 0.222. The van der Waals surface area contributed by atoms with Crippen molar-refractivity contribution in [3.8, 4) is 0 Å². The van der Waals surface area contributed by atoms with E-state index in [2.05, 4.69) is 11.0 Å². The molecule has 0 unspecified atom stereocenters. The van der Waals surface area contributed by atoms with Crippen molar-refractivity contribution in [1.29, 1.82) is 0 Å². The van der Waals surface area contributed by atoms with Gasteiger partial charge >= 0.3 is 0 Å². The lowest BCUT2D eigenvalue weighted by Crippen LogP contribution is -2.45. The molecule has 2 fully saturated rings. The van der Waals surface area contributed by atoms with Crippen LogP contribution in [0.2, 0.25) is 0 Å². The van der Waals surface area contributed by atoms with Gasteiger partial charge in [0.1, 0.15) is 0 Å². The topological polar surface area (TPSA) is 45.9 Å². The summed E-state index contributed by atoms with van der Waals surface area (Å²) in [6.45, 7) is 5.54. The van der Waals surface area contributed by atoms with E-state index in [9.17, 15) is 4.79 Å². The fraction of sp³-hybridized carbons (Fsp3) is 0.571. The molecule has 6 heteroatoms. The largest absolute Gasteiger partial charge is 0.472 e. The number of hydrogen-bond donors (Lipinski definition) is 0. The fourth-order valence-corrected chi connectivity index (χ4v) is 5.92. The lowest BCUT2D eigenvalue weighted by atomic mass is 9.82. The number of ether oxygens (including phenoxy) is 1. The van der Waals surface area contributed by atoms with Gasteiger partial charge in [0.05, 0.1) is 29.6 Å². The molecule has 2 aromatic rings. The first-order valence-electron chi connectivity index (χ1n) is 10.0. The van der Waals surface area contributed by atoms with Gasteiger partial charge in [0.15, 0.2) is 0 Å². The second-order valence-corrected chi connectivity index (χ2v) is 9.08. The molecule has 1 spiro atoms. The van der Waals surface area contributed by atoms with E-state index in [1.807, 2.05) is 17.2 Å². The van der Waals surface area contributed by atoms with Gasteiger partial charge in [0.25, 0.3) is 5.91 Å². The summed E-state index contributed by atoms with van der Waals surface area (Å²) in [6.07, 6.45) is 8.76. The number of rotatable bonds is 3. The lowest BCUT2D eigenvalue weighted by Gasteiger charge is -2.44. The molecule has 0 bridgehead atoms. The summed E-state index contributed by atoms with van der Waals surface area (Å²) < 4.78 is 11.6. The summed E-state index contributed by atoms with van der Waals surface area (Å²) in [6, 6.07) is 4.19. The smallest absolute Gasteiger partial charge is 0.263 e. The maximum atomic E-state index is 12.8. The van der Waals surface area contributed by atoms with Gasteiger partial charge in [-0.25, -0.2) is 0 Å². The second-order valence-electron chi connectivity index (χ2n) is 7.95. The van der Waals surface area contributed by atoms with Gasteiger partial charge in [-0.3, -0.25) is 9.69 Å². The Morgan fingerprint density at radius 2 is 2.00 bits per heavy atom. The van der Waals surface area contributed by atoms with Crippen molar-refractivity contribution in [3.63, 3.8) is 0 Å². The maximum Gasteiger partial charge on any atom is 0.263 e. The minimum Gasteiger partial charge on any atom is -0.472 e. The molecular weight excluding hydrogens is 360 g/mol. The molecule has 0 aliphatic carbocycles. The standard InChI is InChI=1S/C21H26N2O3S/c24-20(23-7-1-2-8-23)19-13-17-18(27-19)4-12-26-21(17)5-9-22(10-6-21)14-16-3-11-25-15-16/h3,11,13,15H,1-2,4-10,12,14H2. The molecule has 5 rings (SSSR count). The highest BCUT2D eigenvalue weighted by Crippen LogP contribution is 2.45. The quantitative estimate of drug-likeness (QED) is 0.808. The maximum absolute atomic E-state index is 12.8. The van der Waals surface area contributed by atoms with Crippen LogP contribution in [-0.2, 0) is 23.3 Å². The number of amides is 1. The van der Waals surface area contributed by atoms with Gasteiger partial charge in [-0.15, -0.1) is 11.3 Å². The van der Waals surface area contributed by atoms with Crippen LogP contribution < -0.4 is 0 Å². The van der Waals surface area contributed by atoms with E-state index in [1.165, 1.54) is 16.0 Å². The van der Waals surface area contributed by atoms with Crippen molar-refractivity contribution in [2.24, 2.45) is 0 Å². The molecule has 0 N–H and O–H groups in total. The van der Waals surface area contributed by atoms with Crippen molar-refractivity contribution in [2.45, 2.75) is 44.2 Å². The van der Waals surface area contributed by atoms with Crippen molar-refractivity contribution < 1.29 is 13.9 Å². The van der Waals surface area contributed by atoms with Crippen LogP contribution >= 0.6 is 11.3 Å². The number of piperidine rings is 1. The highest BCUT2D eigenvalue weighted by molar-refractivity contribution is 7.14. The first kappa shape index (κ1) is 17.5. The van der Waals surface area contributed by atoms with Gasteiger partial charge in [-0.1, -0.05) is 0 Å².